The van der Waals surface area contributed by atoms with Gasteiger partial charge in [-0.3, -0.25) is 4.79 Å². The van der Waals surface area contributed by atoms with Crippen LogP contribution in [0.3, 0.4) is 0 Å². The fourth-order valence-corrected chi connectivity index (χ4v) is 5.08. The fourth-order valence-electron chi connectivity index (χ4n) is 3.42. The summed E-state index contributed by atoms with van der Waals surface area (Å²) in [4.78, 5) is 12.9. The molecule has 0 saturated carbocycles. The number of rotatable bonds is 6. The maximum Gasteiger partial charge on any atom is 0.265 e. The van der Waals surface area contributed by atoms with Crippen molar-refractivity contribution in [3.05, 3.63) is 53.6 Å². The van der Waals surface area contributed by atoms with Gasteiger partial charge in [-0.05, 0) is 54.7 Å². The van der Waals surface area contributed by atoms with Crippen LogP contribution in [-0.4, -0.2) is 51.0 Å². The maximum atomic E-state index is 13.1. The van der Waals surface area contributed by atoms with E-state index in [4.69, 9.17) is 9.47 Å². The number of morpholine rings is 1. The van der Waals surface area contributed by atoms with Crippen molar-refractivity contribution < 1.29 is 22.7 Å². The molecule has 8 heteroatoms. The molecule has 1 saturated heterocycles. The summed E-state index contributed by atoms with van der Waals surface area (Å²) < 4.78 is 38.6. The second-order valence-corrected chi connectivity index (χ2v) is 10.9. The monoisotopic (exact) mass is 460 g/mol. The lowest BCUT2D eigenvalue weighted by molar-refractivity contribution is -0.122. The van der Waals surface area contributed by atoms with E-state index in [2.05, 4.69) is 26.1 Å². The molecule has 0 aliphatic carbocycles. The van der Waals surface area contributed by atoms with Crippen LogP contribution in [0.25, 0.3) is 0 Å². The van der Waals surface area contributed by atoms with Gasteiger partial charge in [0.05, 0.1) is 18.1 Å². The van der Waals surface area contributed by atoms with Crippen LogP contribution in [0, 0.1) is 6.92 Å². The lowest BCUT2D eigenvalue weighted by Gasteiger charge is -2.27. The van der Waals surface area contributed by atoms with Gasteiger partial charge in [0.25, 0.3) is 5.91 Å². The van der Waals surface area contributed by atoms with Gasteiger partial charge < -0.3 is 14.8 Å². The Labute approximate surface area is 190 Å². The molecule has 1 fully saturated rings. The average molecular weight is 461 g/mol. The molecular weight excluding hydrogens is 428 g/mol. The normalized spacial score (nSPS) is 16.4. The van der Waals surface area contributed by atoms with E-state index in [1.54, 1.807) is 26.0 Å². The highest BCUT2D eigenvalue weighted by Crippen LogP contribution is 2.26. The van der Waals surface area contributed by atoms with Crippen LogP contribution in [0.15, 0.2) is 47.4 Å². The summed E-state index contributed by atoms with van der Waals surface area (Å²) in [5, 5.41) is 2.77. The highest BCUT2D eigenvalue weighted by Gasteiger charge is 2.28. The summed E-state index contributed by atoms with van der Waals surface area (Å²) in [6, 6.07) is 12.6. The highest BCUT2D eigenvalue weighted by molar-refractivity contribution is 7.89. The number of nitrogens with zero attached hydrogens (tertiary/aromatic N) is 1. The molecule has 1 aliphatic rings. The average Bonchev–Trinajstić information content (AvgIpc) is 2.75. The first-order valence-electron chi connectivity index (χ1n) is 10.7. The summed E-state index contributed by atoms with van der Waals surface area (Å²) in [5.74, 6) is 0.239. The van der Waals surface area contributed by atoms with Gasteiger partial charge in [0.15, 0.2) is 6.10 Å². The van der Waals surface area contributed by atoms with E-state index >= 15 is 0 Å². The standard InChI is InChI=1S/C24H32N2O5S/c1-17-6-9-20(16-22(17)32(28,29)26-12-14-30-15-13-26)25-23(27)18(2)31-21-10-7-19(8-11-21)24(3,4)5/h6-11,16,18H,12-15H2,1-5H3,(H,25,27)/t18-/m0/s1. The van der Waals surface area contributed by atoms with Crippen molar-refractivity contribution in [2.75, 3.05) is 31.6 Å². The second kappa shape index (κ2) is 9.60. The summed E-state index contributed by atoms with van der Waals surface area (Å²) in [7, 11) is -3.67. The van der Waals surface area contributed by atoms with Crippen molar-refractivity contribution in [3.63, 3.8) is 0 Å². The Morgan fingerprint density at radius 3 is 2.31 bits per heavy atom. The quantitative estimate of drug-likeness (QED) is 0.710. The van der Waals surface area contributed by atoms with Gasteiger partial charge in [-0.15, -0.1) is 0 Å². The number of nitrogens with one attached hydrogen (secondary N) is 1. The number of benzene rings is 2. The number of anilines is 1. The lowest BCUT2D eigenvalue weighted by atomic mass is 9.87. The molecule has 2 aromatic rings. The molecule has 1 heterocycles. The zero-order chi connectivity index (χ0) is 23.5. The number of amides is 1. The third kappa shape index (κ3) is 5.68. The fraction of sp³-hybridized carbons (Fsp3) is 0.458. The maximum absolute atomic E-state index is 13.1. The second-order valence-electron chi connectivity index (χ2n) is 9.02. The summed E-state index contributed by atoms with van der Waals surface area (Å²) in [6.07, 6.45) is -0.754. The van der Waals surface area contributed by atoms with Gasteiger partial charge >= 0.3 is 0 Å². The number of hydrogen-bond acceptors (Lipinski definition) is 5. The molecule has 2 aromatic carbocycles. The van der Waals surface area contributed by atoms with E-state index in [9.17, 15) is 13.2 Å². The van der Waals surface area contributed by atoms with E-state index in [1.165, 1.54) is 15.9 Å². The van der Waals surface area contributed by atoms with E-state index < -0.39 is 16.1 Å². The zero-order valence-corrected chi connectivity index (χ0v) is 20.2. The summed E-state index contributed by atoms with van der Waals surface area (Å²) in [5.41, 5.74) is 2.24. The third-order valence-corrected chi connectivity index (χ3v) is 7.49. The SMILES string of the molecule is Cc1ccc(NC(=O)[C@H](C)Oc2ccc(C(C)(C)C)cc2)cc1S(=O)(=O)N1CCOCC1. The molecule has 1 atom stereocenters. The van der Waals surface area contributed by atoms with Gasteiger partial charge in [-0.1, -0.05) is 39.0 Å². The summed E-state index contributed by atoms with van der Waals surface area (Å²) in [6.45, 7) is 11.2. The van der Waals surface area contributed by atoms with Gasteiger partial charge in [-0.25, -0.2) is 8.42 Å². The Morgan fingerprint density at radius 2 is 1.72 bits per heavy atom. The molecule has 1 aliphatic heterocycles. The first-order valence-corrected chi connectivity index (χ1v) is 12.2. The van der Waals surface area contributed by atoms with Crippen molar-refractivity contribution >= 4 is 21.6 Å². The molecule has 0 radical (unpaired) electrons. The molecular formula is C24H32N2O5S. The van der Waals surface area contributed by atoms with Crippen molar-refractivity contribution in [3.8, 4) is 5.75 Å². The van der Waals surface area contributed by atoms with Crippen LogP contribution in [0.5, 0.6) is 5.75 Å². The van der Waals surface area contributed by atoms with Crippen molar-refractivity contribution in [1.82, 2.24) is 4.31 Å². The smallest absolute Gasteiger partial charge is 0.265 e. The molecule has 1 amide bonds. The van der Waals surface area contributed by atoms with Crippen LogP contribution < -0.4 is 10.1 Å². The molecule has 32 heavy (non-hydrogen) atoms. The van der Waals surface area contributed by atoms with Gasteiger partial charge in [0.2, 0.25) is 10.0 Å². The van der Waals surface area contributed by atoms with E-state index in [0.717, 1.165) is 0 Å². The highest BCUT2D eigenvalue weighted by atomic mass is 32.2. The van der Waals surface area contributed by atoms with Crippen molar-refractivity contribution in [1.29, 1.82) is 0 Å². The Balaban J connectivity index is 1.70. The minimum atomic E-state index is -3.67. The number of hydrogen-bond donors (Lipinski definition) is 1. The molecule has 0 bridgehead atoms. The predicted molar refractivity (Wildman–Crippen MR) is 125 cm³/mol. The molecule has 0 unspecified atom stereocenters. The predicted octanol–water partition coefficient (Wildman–Crippen LogP) is 3.72. The molecule has 3 rings (SSSR count). The van der Waals surface area contributed by atoms with E-state index in [-0.39, 0.29) is 16.2 Å². The van der Waals surface area contributed by atoms with Crippen LogP contribution in [0.4, 0.5) is 5.69 Å². The van der Waals surface area contributed by atoms with Crippen LogP contribution >= 0.6 is 0 Å². The number of carbonyl (C=O) groups is 1. The molecule has 1 N–H and O–H groups in total. The number of sulfonamides is 1. The molecule has 0 aromatic heterocycles. The largest absolute Gasteiger partial charge is 0.481 e. The Morgan fingerprint density at radius 1 is 1.09 bits per heavy atom. The third-order valence-electron chi connectivity index (χ3n) is 5.45. The minimum Gasteiger partial charge on any atom is -0.481 e. The van der Waals surface area contributed by atoms with Crippen molar-refractivity contribution in [2.45, 2.75) is 51.0 Å². The lowest BCUT2D eigenvalue weighted by Crippen LogP contribution is -2.40. The molecule has 174 valence electrons. The van der Waals surface area contributed by atoms with E-state index in [0.29, 0.717) is 43.3 Å². The number of ether oxygens (including phenoxy) is 2. The summed E-state index contributed by atoms with van der Waals surface area (Å²) >= 11 is 0. The zero-order valence-electron chi connectivity index (χ0n) is 19.3. The molecule has 7 nitrogen and oxygen atoms in total. The molecule has 0 spiro atoms. The topological polar surface area (TPSA) is 84.9 Å². The Kier molecular flexibility index (Phi) is 7.27. The van der Waals surface area contributed by atoms with Crippen LogP contribution in [0.1, 0.15) is 38.8 Å². The van der Waals surface area contributed by atoms with Gasteiger partial charge in [-0.2, -0.15) is 4.31 Å². The number of carbonyl (C=O) groups excluding carboxylic acids is 1. The van der Waals surface area contributed by atoms with Gasteiger partial charge in [0.1, 0.15) is 5.75 Å². The van der Waals surface area contributed by atoms with Crippen LogP contribution in [0.2, 0.25) is 0 Å². The van der Waals surface area contributed by atoms with Gasteiger partial charge in [0, 0.05) is 18.8 Å². The van der Waals surface area contributed by atoms with Crippen molar-refractivity contribution in [2.24, 2.45) is 0 Å². The van der Waals surface area contributed by atoms with Crippen LogP contribution in [-0.2, 0) is 25.0 Å². The minimum absolute atomic E-state index is 0.0340. The van der Waals surface area contributed by atoms with E-state index in [1.807, 2.05) is 24.3 Å². The number of aryl methyl sites for hydroxylation is 1. The first-order chi connectivity index (χ1) is 15.0. The Hall–Kier alpha value is -2.42. The Bertz CT molecular complexity index is 1050. The first kappa shape index (κ1) is 24.2.